The summed E-state index contributed by atoms with van der Waals surface area (Å²) in [4.78, 5) is 0. The SMILES string of the molecule is BS(C)=BCC. The molecule has 0 aromatic rings. The molecule has 6 heavy (non-hydrogen) atoms. The van der Waals surface area contributed by atoms with Gasteiger partial charge in [0.2, 0.25) is 0 Å². The van der Waals surface area contributed by atoms with Crippen LogP contribution in [0.15, 0.2) is 0 Å². The zero-order chi connectivity index (χ0) is 4.99. The Morgan fingerprint density at radius 2 is 2.33 bits per heavy atom. The van der Waals surface area contributed by atoms with Crippen molar-refractivity contribution in [1.29, 1.82) is 0 Å². The average molecular weight is 99.8 g/mol. The van der Waals surface area contributed by atoms with Crippen molar-refractivity contribution in [2.75, 3.05) is 6.26 Å². The fraction of sp³-hybridized carbons (Fsp3) is 1.00. The van der Waals surface area contributed by atoms with Crippen LogP contribution in [0, 0.1) is 0 Å². The van der Waals surface area contributed by atoms with Crippen LogP contribution < -0.4 is 0 Å². The summed E-state index contributed by atoms with van der Waals surface area (Å²) in [7, 11) is 2.79. The second kappa shape index (κ2) is 3.66. The van der Waals surface area contributed by atoms with Gasteiger partial charge in [0, 0.05) is 0 Å². The molecule has 0 spiro atoms. The number of hydrogen-bond acceptors (Lipinski definition) is 0. The van der Waals surface area contributed by atoms with Crippen molar-refractivity contribution in [2.45, 2.75) is 13.2 Å². The summed E-state index contributed by atoms with van der Waals surface area (Å²) >= 11 is 0. The van der Waals surface area contributed by atoms with Crippen molar-refractivity contribution in [2.24, 2.45) is 0 Å². The second-order valence-electron chi connectivity index (χ2n) is 1.45. The molecule has 0 aliphatic heterocycles. The summed E-state index contributed by atoms with van der Waals surface area (Å²) in [5.41, 5.74) is 0. The fourth-order valence-corrected chi connectivity index (χ4v) is 1.00. The molecule has 0 bridgehead atoms. The van der Waals surface area contributed by atoms with Gasteiger partial charge in [-0.25, -0.2) is 0 Å². The van der Waals surface area contributed by atoms with Crippen molar-refractivity contribution >= 4 is 23.5 Å². The van der Waals surface area contributed by atoms with Gasteiger partial charge in [-0.1, -0.05) is 0 Å². The van der Waals surface area contributed by atoms with E-state index in [0.717, 1.165) is 0 Å². The fourth-order valence-electron chi connectivity index (χ4n) is 0.333. The van der Waals surface area contributed by atoms with E-state index < -0.39 is 0 Å². The Morgan fingerprint density at radius 1 is 1.83 bits per heavy atom. The van der Waals surface area contributed by atoms with Gasteiger partial charge in [-0.2, -0.15) is 0 Å². The first kappa shape index (κ1) is 6.48. The van der Waals surface area contributed by atoms with Crippen molar-refractivity contribution in [3.63, 3.8) is 0 Å². The van der Waals surface area contributed by atoms with Crippen molar-refractivity contribution in [3.05, 3.63) is 0 Å². The van der Waals surface area contributed by atoms with Gasteiger partial charge in [0.1, 0.15) is 0 Å². The molecule has 0 N–H and O–H groups in total. The molecule has 1 unspecified atom stereocenters. The molecule has 0 saturated carbocycles. The standard InChI is InChI=1S/C3H10B2S/c1-3-5-6(2)4/h3-4H2,1-2H3. The van der Waals surface area contributed by atoms with Crippen LogP contribution >= 0.6 is 10.2 Å². The summed E-state index contributed by atoms with van der Waals surface area (Å²) in [6.07, 6.45) is 5.76. The Hall–Kier alpha value is 0.480. The first-order valence-corrected chi connectivity index (χ1v) is 4.27. The van der Waals surface area contributed by atoms with Crippen LogP contribution in [0.2, 0.25) is 6.32 Å². The molecule has 0 radical (unpaired) electrons. The zero-order valence-electron chi connectivity index (χ0n) is 4.69. The van der Waals surface area contributed by atoms with E-state index in [1.54, 1.807) is 0 Å². The molecule has 0 heterocycles. The van der Waals surface area contributed by atoms with E-state index in [1.807, 2.05) is 0 Å². The van der Waals surface area contributed by atoms with Crippen LogP contribution in [-0.2, 0) is 0 Å². The van der Waals surface area contributed by atoms with Crippen molar-refractivity contribution < 1.29 is 0 Å². The molecule has 0 aromatic heterocycles. The van der Waals surface area contributed by atoms with Crippen LogP contribution in [-0.4, -0.2) is 19.5 Å². The summed E-state index contributed by atoms with van der Waals surface area (Å²) in [6, 6.07) is 0. The molecular weight excluding hydrogens is 89.7 g/mol. The van der Waals surface area contributed by atoms with Crippen LogP contribution in [0.1, 0.15) is 6.92 Å². The third kappa shape index (κ3) is 4.48. The Morgan fingerprint density at radius 3 is 2.33 bits per heavy atom. The summed E-state index contributed by atoms with van der Waals surface area (Å²) in [6.45, 7) is 2.17. The average Bonchev–Trinajstić information content (AvgIpc) is 1.35. The van der Waals surface area contributed by atoms with E-state index in [9.17, 15) is 0 Å². The summed E-state index contributed by atoms with van der Waals surface area (Å²) < 4.78 is 0. The molecule has 0 fully saturated rings. The predicted molar refractivity (Wildman–Crippen MR) is 38.3 cm³/mol. The van der Waals surface area contributed by atoms with Gasteiger partial charge in [0.15, 0.2) is 0 Å². The third-order valence-corrected chi connectivity index (χ3v) is 1.50. The summed E-state index contributed by atoms with van der Waals surface area (Å²) in [5.74, 6) is 0. The third-order valence-electron chi connectivity index (χ3n) is 0.500. The van der Waals surface area contributed by atoms with Crippen LogP contribution in [0.25, 0.3) is 0 Å². The van der Waals surface area contributed by atoms with Gasteiger partial charge in [-0.05, 0) is 0 Å². The van der Waals surface area contributed by atoms with E-state index in [1.165, 1.54) is 6.32 Å². The quantitative estimate of drug-likeness (QED) is 0.420. The first-order valence-electron chi connectivity index (χ1n) is 2.17. The van der Waals surface area contributed by atoms with Gasteiger partial charge < -0.3 is 0 Å². The minimum atomic E-state index is 0.559. The monoisotopic (exact) mass is 100 g/mol. The van der Waals surface area contributed by atoms with E-state index >= 15 is 0 Å². The van der Waals surface area contributed by atoms with Crippen molar-refractivity contribution in [3.8, 4) is 0 Å². The molecule has 0 saturated heterocycles. The van der Waals surface area contributed by atoms with Gasteiger partial charge in [0.05, 0.1) is 0 Å². The van der Waals surface area contributed by atoms with Crippen LogP contribution in [0.5, 0.6) is 0 Å². The number of hydrogen-bond donors (Lipinski definition) is 0. The molecule has 1 atom stereocenters. The van der Waals surface area contributed by atoms with E-state index in [0.29, 0.717) is 10.2 Å². The van der Waals surface area contributed by atoms with E-state index in [4.69, 9.17) is 0 Å². The van der Waals surface area contributed by atoms with Gasteiger partial charge in [-0.3, -0.25) is 0 Å². The zero-order valence-corrected chi connectivity index (χ0v) is 5.51. The molecular formula is C3H10B2S. The molecule has 0 aromatic carbocycles. The first-order chi connectivity index (χ1) is 2.77. The second-order valence-corrected chi connectivity index (χ2v) is 3.55. The topological polar surface area (TPSA) is 0 Å². The van der Waals surface area contributed by atoms with Crippen molar-refractivity contribution in [1.82, 2.24) is 0 Å². The summed E-state index contributed by atoms with van der Waals surface area (Å²) in [5, 5.41) is 0. The maximum atomic E-state index is 2.32. The Bertz CT molecular complexity index is 55.8. The van der Waals surface area contributed by atoms with Gasteiger partial charge in [-0.15, -0.1) is 0 Å². The van der Waals surface area contributed by atoms with Gasteiger partial charge in [0.25, 0.3) is 0 Å². The molecule has 3 heteroatoms. The Kier molecular flexibility index (Phi) is 3.96. The Balaban J connectivity index is 3.14. The minimum absolute atomic E-state index is 0.559. The van der Waals surface area contributed by atoms with E-state index in [-0.39, 0.29) is 0 Å². The molecule has 34 valence electrons. The maximum absolute atomic E-state index is 2.32. The normalized spacial score (nSPS) is 13.7. The molecule has 0 aliphatic carbocycles. The van der Waals surface area contributed by atoms with Crippen LogP contribution in [0.4, 0.5) is 0 Å². The van der Waals surface area contributed by atoms with Crippen LogP contribution in [0.3, 0.4) is 0 Å². The predicted octanol–water partition coefficient (Wildman–Crippen LogP) is 0.491. The van der Waals surface area contributed by atoms with E-state index in [2.05, 4.69) is 26.5 Å². The molecule has 0 amide bonds. The molecule has 0 aliphatic rings. The number of rotatable bonds is 1. The van der Waals surface area contributed by atoms with Gasteiger partial charge >= 0.3 is 43.0 Å². The Labute approximate surface area is 43.7 Å². The molecule has 0 rings (SSSR count). The molecule has 0 nitrogen and oxygen atoms in total.